The lowest BCUT2D eigenvalue weighted by atomic mass is 9.73. The fraction of sp³-hybridized carbons (Fsp3) is 0.400. The number of nitrogens with two attached hydrogens (primary N) is 2. The van der Waals surface area contributed by atoms with Gasteiger partial charge >= 0.3 is 0 Å². The van der Waals surface area contributed by atoms with Gasteiger partial charge in [0.05, 0.1) is 15.7 Å². The van der Waals surface area contributed by atoms with E-state index >= 15 is 0 Å². The highest BCUT2D eigenvalue weighted by molar-refractivity contribution is 6.44. The number of halogens is 2. The quantitative estimate of drug-likeness (QED) is 0.730. The average Bonchev–Trinajstić information content (AvgIpc) is 2.11. The van der Waals surface area contributed by atoms with Crippen molar-refractivity contribution in [3.05, 3.63) is 27.7 Å². The summed E-state index contributed by atoms with van der Waals surface area (Å²) in [6, 6.07) is 3.64. The molecule has 1 aliphatic carbocycles. The van der Waals surface area contributed by atoms with Crippen molar-refractivity contribution in [2.24, 2.45) is 5.73 Å². The van der Waals surface area contributed by atoms with Gasteiger partial charge in [0.2, 0.25) is 0 Å². The Morgan fingerprint density at radius 3 is 2.29 bits per heavy atom. The lowest BCUT2D eigenvalue weighted by Gasteiger charge is -2.39. The molecule has 0 spiro atoms. The third-order valence-electron chi connectivity index (χ3n) is 2.89. The Morgan fingerprint density at radius 2 is 1.79 bits per heavy atom. The van der Waals surface area contributed by atoms with Gasteiger partial charge in [-0.05, 0) is 30.9 Å². The molecule has 0 radical (unpaired) electrons. The molecule has 1 aromatic carbocycles. The van der Waals surface area contributed by atoms with E-state index in [0.717, 1.165) is 24.8 Å². The topological polar surface area (TPSA) is 52.0 Å². The highest BCUT2D eigenvalue weighted by Crippen LogP contribution is 2.44. The van der Waals surface area contributed by atoms with Crippen LogP contribution in [0, 0.1) is 0 Å². The molecule has 1 saturated carbocycles. The van der Waals surface area contributed by atoms with Gasteiger partial charge in [0.1, 0.15) is 0 Å². The Balaban J connectivity index is 2.49. The van der Waals surface area contributed by atoms with Crippen LogP contribution in [-0.4, -0.2) is 0 Å². The van der Waals surface area contributed by atoms with E-state index in [2.05, 4.69) is 0 Å². The highest BCUT2D eigenvalue weighted by Gasteiger charge is 2.36. The van der Waals surface area contributed by atoms with Crippen LogP contribution >= 0.6 is 23.2 Å². The Morgan fingerprint density at radius 1 is 1.14 bits per heavy atom. The molecule has 0 saturated heterocycles. The predicted molar refractivity (Wildman–Crippen MR) is 60.6 cm³/mol. The third-order valence-corrected chi connectivity index (χ3v) is 3.79. The average molecular weight is 231 g/mol. The molecule has 2 nitrogen and oxygen atoms in total. The fourth-order valence-electron chi connectivity index (χ4n) is 1.78. The molecule has 4 heteroatoms. The van der Waals surface area contributed by atoms with Gasteiger partial charge in [-0.25, -0.2) is 0 Å². The minimum Gasteiger partial charge on any atom is -0.397 e. The lowest BCUT2D eigenvalue weighted by Crippen LogP contribution is -2.43. The number of hydrogen-bond donors (Lipinski definition) is 2. The number of anilines is 1. The van der Waals surface area contributed by atoms with Crippen molar-refractivity contribution in [2.45, 2.75) is 24.8 Å². The summed E-state index contributed by atoms with van der Waals surface area (Å²) in [5, 5.41) is 0.926. The molecule has 0 bridgehead atoms. The summed E-state index contributed by atoms with van der Waals surface area (Å²) in [7, 11) is 0. The zero-order chi connectivity index (χ0) is 10.3. The van der Waals surface area contributed by atoms with Crippen LogP contribution in [-0.2, 0) is 5.54 Å². The zero-order valence-electron chi connectivity index (χ0n) is 7.69. The van der Waals surface area contributed by atoms with E-state index in [1.165, 1.54) is 0 Å². The second-order valence-corrected chi connectivity index (χ2v) is 4.60. The number of nitrogen functional groups attached to an aromatic ring is 1. The maximum atomic E-state index is 6.16. The maximum Gasteiger partial charge on any atom is 0.0825 e. The minimum atomic E-state index is -0.283. The van der Waals surface area contributed by atoms with E-state index in [9.17, 15) is 0 Å². The van der Waals surface area contributed by atoms with Crippen LogP contribution in [0.15, 0.2) is 12.1 Å². The van der Waals surface area contributed by atoms with Gasteiger partial charge in [-0.1, -0.05) is 29.3 Å². The first kappa shape index (κ1) is 10.1. The molecule has 0 aromatic heterocycles. The number of rotatable bonds is 1. The normalized spacial score (nSPS) is 19.1. The second-order valence-electron chi connectivity index (χ2n) is 3.84. The largest absolute Gasteiger partial charge is 0.397 e. The van der Waals surface area contributed by atoms with Crippen LogP contribution in [0.2, 0.25) is 10.0 Å². The Hall–Kier alpha value is -0.440. The molecule has 1 aromatic rings. The van der Waals surface area contributed by atoms with Gasteiger partial charge in [-0.2, -0.15) is 0 Å². The monoisotopic (exact) mass is 230 g/mol. The van der Waals surface area contributed by atoms with Crippen LogP contribution in [0.3, 0.4) is 0 Å². The van der Waals surface area contributed by atoms with E-state index < -0.39 is 0 Å². The smallest absolute Gasteiger partial charge is 0.0825 e. The van der Waals surface area contributed by atoms with Crippen molar-refractivity contribution in [3.63, 3.8) is 0 Å². The van der Waals surface area contributed by atoms with Crippen molar-refractivity contribution in [3.8, 4) is 0 Å². The number of hydrogen-bond acceptors (Lipinski definition) is 2. The van der Waals surface area contributed by atoms with Crippen molar-refractivity contribution in [1.29, 1.82) is 0 Å². The maximum absolute atomic E-state index is 6.16. The van der Waals surface area contributed by atoms with Gasteiger partial charge in [0, 0.05) is 5.54 Å². The minimum absolute atomic E-state index is 0.283. The van der Waals surface area contributed by atoms with E-state index in [-0.39, 0.29) is 5.54 Å². The van der Waals surface area contributed by atoms with E-state index in [0.29, 0.717) is 15.7 Å². The molecule has 0 aliphatic heterocycles. The molecule has 14 heavy (non-hydrogen) atoms. The molecule has 0 unspecified atom stereocenters. The Labute approximate surface area is 93.2 Å². The van der Waals surface area contributed by atoms with Crippen molar-refractivity contribution < 1.29 is 0 Å². The summed E-state index contributed by atoms with van der Waals surface area (Å²) in [5.41, 5.74) is 12.9. The van der Waals surface area contributed by atoms with Crippen LogP contribution in [0.4, 0.5) is 5.69 Å². The second kappa shape index (κ2) is 3.30. The van der Waals surface area contributed by atoms with Gasteiger partial charge in [-0.15, -0.1) is 0 Å². The standard InChI is InChI=1S/C10H12Cl2N2/c11-8-6(10(14)4-1-5-10)2-3-7(13)9(8)12/h2-3H,1,4-5,13-14H2. The van der Waals surface area contributed by atoms with E-state index in [4.69, 9.17) is 34.7 Å². The summed E-state index contributed by atoms with van der Waals surface area (Å²) in [6.07, 6.45) is 3.08. The van der Waals surface area contributed by atoms with Crippen molar-refractivity contribution >= 4 is 28.9 Å². The SMILES string of the molecule is Nc1ccc(C2(N)CCC2)c(Cl)c1Cl. The summed E-state index contributed by atoms with van der Waals surface area (Å²) >= 11 is 12.1. The van der Waals surface area contributed by atoms with Gasteiger partial charge in [0.25, 0.3) is 0 Å². The van der Waals surface area contributed by atoms with Gasteiger partial charge in [-0.3, -0.25) is 0 Å². The molecule has 0 heterocycles. The molecule has 76 valence electrons. The molecule has 0 atom stereocenters. The van der Waals surface area contributed by atoms with Crippen LogP contribution in [0.1, 0.15) is 24.8 Å². The van der Waals surface area contributed by atoms with Gasteiger partial charge in [0.15, 0.2) is 0 Å². The molecule has 4 N–H and O–H groups in total. The van der Waals surface area contributed by atoms with Crippen molar-refractivity contribution in [1.82, 2.24) is 0 Å². The molecule has 1 aliphatic rings. The van der Waals surface area contributed by atoms with Crippen LogP contribution in [0.25, 0.3) is 0 Å². The fourth-order valence-corrected chi connectivity index (χ4v) is 2.30. The van der Waals surface area contributed by atoms with Crippen LogP contribution in [0.5, 0.6) is 0 Å². The lowest BCUT2D eigenvalue weighted by molar-refractivity contribution is 0.254. The zero-order valence-corrected chi connectivity index (χ0v) is 9.20. The number of benzene rings is 1. The Kier molecular flexibility index (Phi) is 2.38. The molecule has 2 rings (SSSR count). The van der Waals surface area contributed by atoms with Gasteiger partial charge < -0.3 is 11.5 Å². The molecule has 1 fully saturated rings. The van der Waals surface area contributed by atoms with E-state index in [1.54, 1.807) is 6.07 Å². The summed E-state index contributed by atoms with van der Waals surface area (Å²) in [5.74, 6) is 0. The first-order valence-electron chi connectivity index (χ1n) is 4.57. The molecular formula is C10H12Cl2N2. The third kappa shape index (κ3) is 1.38. The molecule has 0 amide bonds. The van der Waals surface area contributed by atoms with Crippen molar-refractivity contribution in [2.75, 3.05) is 5.73 Å². The first-order valence-corrected chi connectivity index (χ1v) is 5.33. The summed E-state index contributed by atoms with van der Waals surface area (Å²) < 4.78 is 0. The molecular weight excluding hydrogens is 219 g/mol. The highest BCUT2D eigenvalue weighted by atomic mass is 35.5. The van der Waals surface area contributed by atoms with E-state index in [1.807, 2.05) is 6.07 Å². The van der Waals surface area contributed by atoms with Crippen LogP contribution < -0.4 is 11.5 Å². The predicted octanol–water partition coefficient (Wildman–Crippen LogP) is 2.91. The first-order chi connectivity index (χ1) is 6.54. The summed E-state index contributed by atoms with van der Waals surface area (Å²) in [6.45, 7) is 0. The Bertz CT molecular complexity index is 373. The summed E-state index contributed by atoms with van der Waals surface area (Å²) in [4.78, 5) is 0.